The molecule has 1 fully saturated rings. The van der Waals surface area contributed by atoms with Crippen molar-refractivity contribution in [3.63, 3.8) is 0 Å². The van der Waals surface area contributed by atoms with Gasteiger partial charge in [-0.3, -0.25) is 4.90 Å². The predicted octanol–water partition coefficient (Wildman–Crippen LogP) is 1.57. The fraction of sp³-hybridized carbons (Fsp3) is 0.625. The van der Waals surface area contributed by atoms with Gasteiger partial charge in [-0.25, -0.2) is 0 Å². The Hall–Kier alpha value is -1.30. The summed E-state index contributed by atoms with van der Waals surface area (Å²) in [7, 11) is 0. The molecular weight excluding hydrogens is 268 g/mol. The summed E-state index contributed by atoms with van der Waals surface area (Å²) in [6.07, 6.45) is 0. The van der Waals surface area contributed by atoms with Crippen LogP contribution in [0, 0.1) is 0 Å². The van der Waals surface area contributed by atoms with Crippen molar-refractivity contribution >= 4 is 0 Å². The van der Waals surface area contributed by atoms with Gasteiger partial charge in [0.15, 0.2) is 11.5 Å². The van der Waals surface area contributed by atoms with Gasteiger partial charge in [-0.05, 0) is 31.5 Å². The topological polar surface area (TPSA) is 57.0 Å². The molecule has 1 aromatic carbocycles. The van der Waals surface area contributed by atoms with Crippen LogP contribution in [0.15, 0.2) is 18.2 Å². The van der Waals surface area contributed by atoms with E-state index in [1.54, 1.807) is 0 Å². The van der Waals surface area contributed by atoms with Gasteiger partial charge in [0.2, 0.25) is 0 Å². The molecule has 1 saturated heterocycles. The summed E-state index contributed by atoms with van der Waals surface area (Å²) < 4.78 is 16.9. The van der Waals surface area contributed by atoms with Crippen LogP contribution in [0.5, 0.6) is 11.5 Å². The standard InChI is InChI=1S/C16H24N2O3/c1-16(2)11-19-6-5-18(16)13(10-17)12-3-4-14-15(9-12)21-8-7-20-14/h3-4,9,13H,5-8,10-11,17H2,1-2H3. The van der Waals surface area contributed by atoms with Gasteiger partial charge in [-0.2, -0.15) is 0 Å². The summed E-state index contributed by atoms with van der Waals surface area (Å²) >= 11 is 0. The van der Waals surface area contributed by atoms with Crippen molar-refractivity contribution in [2.75, 3.05) is 39.5 Å². The molecule has 0 radical (unpaired) electrons. The number of ether oxygens (including phenoxy) is 3. The molecule has 1 aromatic rings. The van der Waals surface area contributed by atoms with Crippen molar-refractivity contribution in [3.05, 3.63) is 23.8 Å². The minimum absolute atomic E-state index is 0.0183. The van der Waals surface area contributed by atoms with Gasteiger partial charge < -0.3 is 19.9 Å². The van der Waals surface area contributed by atoms with Crippen LogP contribution in [0.4, 0.5) is 0 Å². The Labute approximate surface area is 126 Å². The maximum atomic E-state index is 6.08. The van der Waals surface area contributed by atoms with E-state index in [4.69, 9.17) is 19.9 Å². The zero-order chi connectivity index (χ0) is 14.9. The molecule has 0 bridgehead atoms. The van der Waals surface area contributed by atoms with Crippen molar-refractivity contribution in [1.29, 1.82) is 0 Å². The van der Waals surface area contributed by atoms with Crippen LogP contribution in [0.25, 0.3) is 0 Å². The fourth-order valence-electron chi connectivity index (χ4n) is 3.16. The highest BCUT2D eigenvalue weighted by Crippen LogP contribution is 2.36. The Bertz CT molecular complexity index is 504. The second kappa shape index (κ2) is 5.83. The molecule has 116 valence electrons. The lowest BCUT2D eigenvalue weighted by molar-refractivity contribution is -0.0713. The average Bonchev–Trinajstić information content (AvgIpc) is 2.49. The van der Waals surface area contributed by atoms with Crippen LogP contribution in [-0.2, 0) is 4.74 Å². The number of hydrogen-bond donors (Lipinski definition) is 1. The van der Waals surface area contributed by atoms with E-state index in [1.165, 1.54) is 5.56 Å². The van der Waals surface area contributed by atoms with Crippen molar-refractivity contribution in [3.8, 4) is 11.5 Å². The minimum Gasteiger partial charge on any atom is -0.486 e. The summed E-state index contributed by atoms with van der Waals surface area (Å²) in [6.45, 7) is 8.57. The summed E-state index contributed by atoms with van der Waals surface area (Å²) in [5.41, 5.74) is 7.24. The normalized spacial score (nSPS) is 22.8. The lowest BCUT2D eigenvalue weighted by atomic mass is 9.95. The third-order valence-corrected chi connectivity index (χ3v) is 4.26. The zero-order valence-corrected chi connectivity index (χ0v) is 12.8. The van der Waals surface area contributed by atoms with Crippen molar-refractivity contribution < 1.29 is 14.2 Å². The first-order chi connectivity index (χ1) is 10.1. The Balaban J connectivity index is 1.89. The van der Waals surface area contributed by atoms with Gasteiger partial charge in [0, 0.05) is 24.7 Å². The molecule has 3 rings (SSSR count). The van der Waals surface area contributed by atoms with E-state index in [0.717, 1.165) is 31.3 Å². The van der Waals surface area contributed by atoms with Crippen LogP contribution in [-0.4, -0.2) is 50.0 Å². The van der Waals surface area contributed by atoms with Crippen molar-refractivity contribution in [2.24, 2.45) is 5.73 Å². The Kier molecular flexibility index (Phi) is 4.06. The van der Waals surface area contributed by atoms with E-state index in [1.807, 2.05) is 6.07 Å². The quantitative estimate of drug-likeness (QED) is 0.916. The largest absolute Gasteiger partial charge is 0.486 e. The SMILES string of the molecule is CC1(C)COCCN1C(CN)c1ccc2c(c1)OCCO2. The number of hydrogen-bond acceptors (Lipinski definition) is 5. The molecule has 1 atom stereocenters. The molecule has 5 heteroatoms. The lowest BCUT2D eigenvalue weighted by Gasteiger charge is -2.46. The maximum absolute atomic E-state index is 6.08. The average molecular weight is 292 g/mol. The summed E-state index contributed by atoms with van der Waals surface area (Å²) in [6, 6.07) is 6.31. The number of rotatable bonds is 3. The molecule has 21 heavy (non-hydrogen) atoms. The van der Waals surface area contributed by atoms with Crippen LogP contribution in [0.1, 0.15) is 25.5 Å². The summed E-state index contributed by atoms with van der Waals surface area (Å²) in [5.74, 6) is 1.64. The number of nitrogens with zero attached hydrogens (tertiary/aromatic N) is 1. The zero-order valence-electron chi connectivity index (χ0n) is 12.8. The third kappa shape index (κ3) is 2.86. The second-order valence-electron chi connectivity index (χ2n) is 6.21. The Morgan fingerprint density at radius 1 is 1.19 bits per heavy atom. The highest BCUT2D eigenvalue weighted by atomic mass is 16.6. The number of benzene rings is 1. The third-order valence-electron chi connectivity index (χ3n) is 4.26. The van der Waals surface area contributed by atoms with Gasteiger partial charge >= 0.3 is 0 Å². The van der Waals surface area contributed by atoms with Crippen LogP contribution < -0.4 is 15.2 Å². The first-order valence-corrected chi connectivity index (χ1v) is 7.56. The molecule has 0 aliphatic carbocycles. The predicted molar refractivity (Wildman–Crippen MR) is 80.8 cm³/mol. The summed E-state index contributed by atoms with van der Waals surface area (Å²) in [5, 5.41) is 0. The van der Waals surface area contributed by atoms with Crippen LogP contribution >= 0.6 is 0 Å². The molecular formula is C16H24N2O3. The number of morpholine rings is 1. The highest BCUT2D eigenvalue weighted by molar-refractivity contribution is 5.44. The number of nitrogens with two attached hydrogens (primary N) is 1. The van der Waals surface area contributed by atoms with Crippen LogP contribution in [0.2, 0.25) is 0 Å². The van der Waals surface area contributed by atoms with E-state index in [0.29, 0.717) is 19.8 Å². The first kappa shape index (κ1) is 14.6. The molecule has 0 saturated carbocycles. The van der Waals surface area contributed by atoms with E-state index in [9.17, 15) is 0 Å². The lowest BCUT2D eigenvalue weighted by Crippen LogP contribution is -2.55. The van der Waals surface area contributed by atoms with Gasteiger partial charge in [0.25, 0.3) is 0 Å². The van der Waals surface area contributed by atoms with Gasteiger partial charge in [-0.15, -0.1) is 0 Å². The van der Waals surface area contributed by atoms with E-state index in [2.05, 4.69) is 30.9 Å². The van der Waals surface area contributed by atoms with E-state index >= 15 is 0 Å². The van der Waals surface area contributed by atoms with Gasteiger partial charge in [-0.1, -0.05) is 6.07 Å². The minimum atomic E-state index is -0.0183. The molecule has 0 spiro atoms. The fourth-order valence-corrected chi connectivity index (χ4v) is 3.16. The molecule has 2 N–H and O–H groups in total. The molecule has 2 aliphatic heterocycles. The van der Waals surface area contributed by atoms with Crippen LogP contribution in [0.3, 0.4) is 0 Å². The monoisotopic (exact) mass is 292 g/mol. The van der Waals surface area contributed by atoms with E-state index < -0.39 is 0 Å². The molecule has 0 amide bonds. The van der Waals surface area contributed by atoms with Gasteiger partial charge in [0.1, 0.15) is 13.2 Å². The first-order valence-electron chi connectivity index (χ1n) is 7.56. The van der Waals surface area contributed by atoms with Crippen molar-refractivity contribution in [2.45, 2.75) is 25.4 Å². The van der Waals surface area contributed by atoms with Crippen molar-refractivity contribution in [1.82, 2.24) is 4.90 Å². The Morgan fingerprint density at radius 3 is 2.67 bits per heavy atom. The van der Waals surface area contributed by atoms with E-state index in [-0.39, 0.29) is 11.6 Å². The highest BCUT2D eigenvalue weighted by Gasteiger charge is 2.36. The Morgan fingerprint density at radius 2 is 1.95 bits per heavy atom. The maximum Gasteiger partial charge on any atom is 0.161 e. The smallest absolute Gasteiger partial charge is 0.161 e. The summed E-state index contributed by atoms with van der Waals surface area (Å²) in [4.78, 5) is 2.43. The molecule has 2 aliphatic rings. The molecule has 2 heterocycles. The molecule has 5 nitrogen and oxygen atoms in total. The second-order valence-corrected chi connectivity index (χ2v) is 6.21. The molecule has 1 unspecified atom stereocenters. The molecule has 0 aromatic heterocycles. The van der Waals surface area contributed by atoms with Gasteiger partial charge in [0.05, 0.1) is 13.2 Å². The number of fused-ring (bicyclic) bond motifs is 1.